The van der Waals surface area contributed by atoms with Crippen LogP contribution in [0, 0.1) is 0 Å². The van der Waals surface area contributed by atoms with Gasteiger partial charge in [0.05, 0.1) is 6.10 Å². The SMILES string of the molecule is CCCCCCCCC(CCCCCCCCCCCC(=O)O)OC. The lowest BCUT2D eigenvalue weighted by molar-refractivity contribution is -0.137. The van der Waals surface area contributed by atoms with Gasteiger partial charge in [0, 0.05) is 13.5 Å². The number of aliphatic carboxylic acids is 1. The van der Waals surface area contributed by atoms with Crippen molar-refractivity contribution in [2.45, 2.75) is 129 Å². The number of hydrogen-bond acceptors (Lipinski definition) is 2. The van der Waals surface area contributed by atoms with Gasteiger partial charge in [0.15, 0.2) is 0 Å². The third kappa shape index (κ3) is 19.6. The zero-order valence-corrected chi connectivity index (χ0v) is 17.1. The Labute approximate surface area is 156 Å². The van der Waals surface area contributed by atoms with Crippen LogP contribution in [0.3, 0.4) is 0 Å². The molecule has 0 aliphatic heterocycles. The second kappa shape index (κ2) is 19.8. The van der Waals surface area contributed by atoms with E-state index in [2.05, 4.69) is 6.92 Å². The Morgan fingerprint density at radius 3 is 1.52 bits per heavy atom. The molecule has 1 atom stereocenters. The Morgan fingerprint density at radius 2 is 1.12 bits per heavy atom. The van der Waals surface area contributed by atoms with E-state index in [1.54, 1.807) is 0 Å². The molecule has 1 unspecified atom stereocenters. The Kier molecular flexibility index (Phi) is 19.3. The molecule has 0 amide bonds. The Hall–Kier alpha value is -0.570. The minimum atomic E-state index is -0.661. The molecule has 0 saturated carbocycles. The average molecular weight is 357 g/mol. The first-order chi connectivity index (χ1) is 12.2. The number of ether oxygens (including phenoxy) is 1. The van der Waals surface area contributed by atoms with Crippen LogP contribution in [0.15, 0.2) is 0 Å². The normalized spacial score (nSPS) is 12.4. The van der Waals surface area contributed by atoms with E-state index < -0.39 is 5.97 Å². The molecule has 3 heteroatoms. The molecule has 1 N–H and O–H groups in total. The van der Waals surface area contributed by atoms with Crippen molar-refractivity contribution >= 4 is 5.97 Å². The van der Waals surface area contributed by atoms with Crippen LogP contribution in [0.5, 0.6) is 0 Å². The van der Waals surface area contributed by atoms with Gasteiger partial charge in [-0.1, -0.05) is 96.8 Å². The van der Waals surface area contributed by atoms with Gasteiger partial charge in [0.1, 0.15) is 0 Å². The minimum Gasteiger partial charge on any atom is -0.481 e. The van der Waals surface area contributed by atoms with Crippen molar-refractivity contribution in [2.24, 2.45) is 0 Å². The van der Waals surface area contributed by atoms with Crippen molar-refractivity contribution < 1.29 is 14.6 Å². The van der Waals surface area contributed by atoms with Gasteiger partial charge in [-0.15, -0.1) is 0 Å². The highest BCUT2D eigenvalue weighted by Crippen LogP contribution is 2.16. The van der Waals surface area contributed by atoms with E-state index in [1.165, 1.54) is 96.3 Å². The minimum absolute atomic E-state index is 0.333. The smallest absolute Gasteiger partial charge is 0.303 e. The van der Waals surface area contributed by atoms with Gasteiger partial charge in [-0.25, -0.2) is 0 Å². The van der Waals surface area contributed by atoms with Gasteiger partial charge in [-0.05, 0) is 19.3 Å². The summed E-state index contributed by atoms with van der Waals surface area (Å²) in [4.78, 5) is 10.4. The fourth-order valence-corrected chi connectivity index (χ4v) is 3.42. The summed E-state index contributed by atoms with van der Waals surface area (Å²) >= 11 is 0. The van der Waals surface area contributed by atoms with Crippen molar-refractivity contribution in [1.29, 1.82) is 0 Å². The first kappa shape index (κ1) is 24.4. The highest BCUT2D eigenvalue weighted by Gasteiger charge is 2.06. The Morgan fingerprint density at radius 1 is 0.720 bits per heavy atom. The standard InChI is InChI=1S/C22H44O3/c1-3-4-5-6-12-15-18-21(25-2)19-16-13-10-8-7-9-11-14-17-20-22(23)24/h21H,3-20H2,1-2H3,(H,23,24). The van der Waals surface area contributed by atoms with E-state index >= 15 is 0 Å². The quantitative estimate of drug-likeness (QED) is 0.236. The molecule has 3 nitrogen and oxygen atoms in total. The number of carbonyl (C=O) groups is 1. The highest BCUT2D eigenvalue weighted by atomic mass is 16.5. The van der Waals surface area contributed by atoms with Crippen LogP contribution in [-0.4, -0.2) is 24.3 Å². The maximum Gasteiger partial charge on any atom is 0.303 e. The van der Waals surface area contributed by atoms with Gasteiger partial charge < -0.3 is 9.84 Å². The Bertz CT molecular complexity index is 278. The summed E-state index contributed by atoms with van der Waals surface area (Å²) in [6, 6.07) is 0. The number of methoxy groups -OCH3 is 1. The summed E-state index contributed by atoms with van der Waals surface area (Å²) in [6.45, 7) is 2.27. The molecule has 0 aliphatic carbocycles. The van der Waals surface area contributed by atoms with Crippen molar-refractivity contribution in [2.75, 3.05) is 7.11 Å². The van der Waals surface area contributed by atoms with Crippen molar-refractivity contribution in [1.82, 2.24) is 0 Å². The predicted molar refractivity (Wildman–Crippen MR) is 107 cm³/mol. The van der Waals surface area contributed by atoms with Gasteiger partial charge in [0.2, 0.25) is 0 Å². The average Bonchev–Trinajstić information content (AvgIpc) is 2.60. The van der Waals surface area contributed by atoms with Gasteiger partial charge in [0.25, 0.3) is 0 Å². The van der Waals surface area contributed by atoms with Crippen LogP contribution >= 0.6 is 0 Å². The zero-order valence-electron chi connectivity index (χ0n) is 17.1. The van der Waals surface area contributed by atoms with E-state index in [0.717, 1.165) is 12.8 Å². The maximum atomic E-state index is 10.4. The maximum absolute atomic E-state index is 10.4. The number of carboxylic acids is 1. The third-order valence-corrected chi connectivity index (χ3v) is 5.13. The monoisotopic (exact) mass is 356 g/mol. The molecule has 0 heterocycles. The van der Waals surface area contributed by atoms with Crippen LogP contribution in [0.1, 0.15) is 122 Å². The van der Waals surface area contributed by atoms with E-state index in [1.807, 2.05) is 7.11 Å². The summed E-state index contributed by atoms with van der Waals surface area (Å²) in [6.07, 6.45) is 22.4. The van der Waals surface area contributed by atoms with Crippen LogP contribution in [-0.2, 0) is 9.53 Å². The lowest BCUT2D eigenvalue weighted by Crippen LogP contribution is -2.10. The van der Waals surface area contributed by atoms with Crippen LogP contribution in [0.2, 0.25) is 0 Å². The molecule has 0 saturated heterocycles. The third-order valence-electron chi connectivity index (χ3n) is 5.13. The highest BCUT2D eigenvalue weighted by molar-refractivity contribution is 5.66. The van der Waals surface area contributed by atoms with Gasteiger partial charge >= 0.3 is 5.97 Å². The Balaban J connectivity index is 3.28. The van der Waals surface area contributed by atoms with Crippen molar-refractivity contribution in [3.63, 3.8) is 0 Å². The van der Waals surface area contributed by atoms with Gasteiger partial charge in [-0.3, -0.25) is 4.79 Å². The summed E-state index contributed by atoms with van der Waals surface area (Å²) in [5, 5.41) is 8.58. The molecule has 0 bridgehead atoms. The molecule has 0 fully saturated rings. The van der Waals surface area contributed by atoms with E-state index in [0.29, 0.717) is 12.5 Å². The predicted octanol–water partition coefficient (Wildman–Crippen LogP) is 7.13. The molecular weight excluding hydrogens is 312 g/mol. The first-order valence-corrected chi connectivity index (χ1v) is 10.9. The largest absolute Gasteiger partial charge is 0.481 e. The molecule has 25 heavy (non-hydrogen) atoms. The molecular formula is C22H44O3. The fraction of sp³-hybridized carbons (Fsp3) is 0.955. The second-order valence-electron chi connectivity index (χ2n) is 7.53. The topological polar surface area (TPSA) is 46.5 Å². The van der Waals surface area contributed by atoms with E-state index in [9.17, 15) is 4.79 Å². The number of unbranched alkanes of at least 4 members (excludes halogenated alkanes) is 13. The molecule has 0 rings (SSSR count). The molecule has 0 radical (unpaired) electrons. The van der Waals surface area contributed by atoms with E-state index in [-0.39, 0.29) is 0 Å². The summed E-state index contributed by atoms with van der Waals surface area (Å²) in [7, 11) is 1.87. The van der Waals surface area contributed by atoms with Crippen molar-refractivity contribution in [3.05, 3.63) is 0 Å². The molecule has 0 aromatic carbocycles. The van der Waals surface area contributed by atoms with Crippen molar-refractivity contribution in [3.8, 4) is 0 Å². The van der Waals surface area contributed by atoms with Crippen LogP contribution in [0.4, 0.5) is 0 Å². The zero-order chi connectivity index (χ0) is 18.6. The number of carboxylic acid groups (broad SMARTS) is 1. The number of rotatable bonds is 20. The first-order valence-electron chi connectivity index (χ1n) is 10.9. The molecule has 150 valence electrons. The number of hydrogen-bond donors (Lipinski definition) is 1. The molecule has 0 spiro atoms. The second-order valence-corrected chi connectivity index (χ2v) is 7.53. The summed E-state index contributed by atoms with van der Waals surface area (Å²) in [5.74, 6) is -0.661. The van der Waals surface area contributed by atoms with Gasteiger partial charge in [-0.2, -0.15) is 0 Å². The molecule has 0 aromatic heterocycles. The summed E-state index contributed by atoms with van der Waals surface area (Å²) in [5.41, 5.74) is 0. The van der Waals surface area contributed by atoms with Crippen LogP contribution in [0.25, 0.3) is 0 Å². The lowest BCUT2D eigenvalue weighted by Gasteiger charge is -2.15. The lowest BCUT2D eigenvalue weighted by atomic mass is 10.0. The van der Waals surface area contributed by atoms with Crippen LogP contribution < -0.4 is 0 Å². The summed E-state index contributed by atoms with van der Waals surface area (Å²) < 4.78 is 5.64. The van der Waals surface area contributed by atoms with E-state index in [4.69, 9.17) is 9.84 Å². The molecule has 0 aliphatic rings. The fourth-order valence-electron chi connectivity index (χ4n) is 3.42. The molecule has 0 aromatic rings.